The van der Waals surface area contributed by atoms with Crippen LogP contribution in [-0.4, -0.2) is 5.78 Å². The van der Waals surface area contributed by atoms with Crippen molar-refractivity contribution in [3.05, 3.63) is 47.5 Å². The zero-order valence-corrected chi connectivity index (χ0v) is 7.99. The highest BCUT2D eigenvalue weighted by Gasteiger charge is 2.40. The van der Waals surface area contributed by atoms with Gasteiger partial charge in [0.2, 0.25) is 0 Å². The number of fused-ring (bicyclic) bond motifs is 2. The number of rotatable bonds is 0. The molecule has 70 valence electrons. The molecule has 0 aromatic heterocycles. The Hall–Kier alpha value is -1.37. The fourth-order valence-corrected chi connectivity index (χ4v) is 2.82. The molecule has 0 radical (unpaired) electrons. The van der Waals surface area contributed by atoms with Gasteiger partial charge in [0.05, 0.1) is 0 Å². The summed E-state index contributed by atoms with van der Waals surface area (Å²) in [6.07, 6.45) is 2.12. The second-order valence-corrected chi connectivity index (χ2v) is 4.20. The van der Waals surface area contributed by atoms with Gasteiger partial charge in [0.25, 0.3) is 0 Å². The lowest BCUT2D eigenvalue weighted by molar-refractivity contribution is -0.118. The molecule has 2 unspecified atom stereocenters. The molecule has 3 aliphatic carbocycles. The molecule has 0 heterocycles. The average molecular weight is 184 g/mol. The van der Waals surface area contributed by atoms with Crippen LogP contribution in [0.15, 0.2) is 36.4 Å². The predicted molar refractivity (Wildman–Crippen MR) is 55.3 cm³/mol. The number of ketones is 1. The molecule has 1 aromatic rings. The van der Waals surface area contributed by atoms with Crippen LogP contribution in [0.4, 0.5) is 0 Å². The van der Waals surface area contributed by atoms with E-state index in [9.17, 15) is 4.79 Å². The van der Waals surface area contributed by atoms with Crippen molar-refractivity contribution < 1.29 is 4.79 Å². The van der Waals surface area contributed by atoms with Gasteiger partial charge in [0, 0.05) is 11.8 Å². The molecule has 2 bridgehead atoms. The monoisotopic (exact) mass is 184 g/mol. The number of hydrogen-bond acceptors (Lipinski definition) is 1. The van der Waals surface area contributed by atoms with Gasteiger partial charge < -0.3 is 0 Å². The summed E-state index contributed by atoms with van der Waals surface area (Å²) in [5.41, 5.74) is 3.43. The fraction of sp³-hybridized carbons (Fsp3) is 0.308. The van der Waals surface area contributed by atoms with Crippen LogP contribution >= 0.6 is 0 Å². The van der Waals surface area contributed by atoms with Gasteiger partial charge in [-0.15, -0.1) is 0 Å². The molecule has 1 fully saturated rings. The van der Waals surface area contributed by atoms with Crippen LogP contribution in [0, 0.1) is 0 Å². The third kappa shape index (κ3) is 0.822. The second-order valence-electron chi connectivity index (χ2n) is 4.20. The van der Waals surface area contributed by atoms with Crippen LogP contribution in [0.3, 0.4) is 0 Å². The van der Waals surface area contributed by atoms with E-state index in [4.69, 9.17) is 0 Å². The van der Waals surface area contributed by atoms with Crippen LogP contribution in [-0.2, 0) is 4.79 Å². The van der Waals surface area contributed by atoms with E-state index in [1.54, 1.807) is 0 Å². The Bertz CT molecular complexity index is 390. The minimum Gasteiger partial charge on any atom is -0.294 e. The predicted octanol–water partition coefficient (Wildman–Crippen LogP) is 2.79. The van der Waals surface area contributed by atoms with E-state index in [1.807, 2.05) is 6.07 Å². The van der Waals surface area contributed by atoms with Gasteiger partial charge >= 0.3 is 0 Å². The summed E-state index contributed by atoms with van der Waals surface area (Å²) in [7, 11) is 0. The van der Waals surface area contributed by atoms with Crippen molar-refractivity contribution in [2.24, 2.45) is 0 Å². The Balaban J connectivity index is 2.27. The molecular weight excluding hydrogens is 172 g/mol. The van der Waals surface area contributed by atoms with E-state index < -0.39 is 0 Å². The van der Waals surface area contributed by atoms with Crippen LogP contribution in [0.25, 0.3) is 0 Å². The van der Waals surface area contributed by atoms with Gasteiger partial charge in [-0.1, -0.05) is 30.8 Å². The topological polar surface area (TPSA) is 17.1 Å². The van der Waals surface area contributed by atoms with Gasteiger partial charge in [-0.25, -0.2) is 0 Å². The lowest BCUT2D eigenvalue weighted by Gasteiger charge is -2.38. The van der Waals surface area contributed by atoms with Gasteiger partial charge in [-0.05, 0) is 29.5 Å². The molecule has 1 saturated carbocycles. The van der Waals surface area contributed by atoms with Gasteiger partial charge in [-0.2, -0.15) is 0 Å². The first-order valence-corrected chi connectivity index (χ1v) is 5.11. The van der Waals surface area contributed by atoms with Crippen LogP contribution < -0.4 is 0 Å². The largest absolute Gasteiger partial charge is 0.294 e. The summed E-state index contributed by atoms with van der Waals surface area (Å²) in [6, 6.07) is 8.31. The zero-order chi connectivity index (χ0) is 9.71. The molecule has 0 saturated heterocycles. The van der Waals surface area contributed by atoms with Crippen molar-refractivity contribution in [3.8, 4) is 0 Å². The Labute approximate surface area is 83.4 Å². The SMILES string of the molecule is C=C1C(=O)C2CCC1c1ccccc12. The van der Waals surface area contributed by atoms with Crippen molar-refractivity contribution in [1.82, 2.24) is 0 Å². The number of allylic oxidation sites excluding steroid dienone is 1. The smallest absolute Gasteiger partial charge is 0.166 e. The molecule has 4 rings (SSSR count). The maximum absolute atomic E-state index is 11.8. The second kappa shape index (κ2) is 2.57. The molecule has 14 heavy (non-hydrogen) atoms. The normalized spacial score (nSPS) is 29.1. The third-order valence-corrected chi connectivity index (χ3v) is 3.54. The molecule has 0 spiro atoms. The number of carbonyl (C=O) groups excluding carboxylic acids is 1. The first kappa shape index (κ1) is 7.98. The number of carbonyl (C=O) groups is 1. The van der Waals surface area contributed by atoms with Crippen molar-refractivity contribution in [2.45, 2.75) is 24.7 Å². The highest BCUT2D eigenvalue weighted by atomic mass is 16.1. The molecule has 0 aliphatic heterocycles. The molecule has 1 heteroatoms. The quantitative estimate of drug-likeness (QED) is 0.567. The van der Waals surface area contributed by atoms with Gasteiger partial charge in [0.15, 0.2) is 5.78 Å². The van der Waals surface area contributed by atoms with Gasteiger partial charge in [0.1, 0.15) is 0 Å². The molecule has 0 N–H and O–H groups in total. The lowest BCUT2D eigenvalue weighted by atomic mass is 9.64. The Morgan fingerprint density at radius 3 is 2.36 bits per heavy atom. The van der Waals surface area contributed by atoms with E-state index in [1.165, 1.54) is 11.1 Å². The average Bonchev–Trinajstić information content (AvgIpc) is 2.24. The molecular formula is C13H12O. The minimum atomic E-state index is 0.115. The molecule has 1 aromatic carbocycles. The van der Waals surface area contributed by atoms with E-state index in [0.717, 1.165) is 18.4 Å². The van der Waals surface area contributed by atoms with Crippen LogP contribution in [0.1, 0.15) is 35.8 Å². The van der Waals surface area contributed by atoms with Crippen molar-refractivity contribution in [2.75, 3.05) is 0 Å². The van der Waals surface area contributed by atoms with E-state index in [2.05, 4.69) is 24.8 Å². The van der Waals surface area contributed by atoms with E-state index in [0.29, 0.717) is 5.92 Å². The van der Waals surface area contributed by atoms with E-state index >= 15 is 0 Å². The first-order chi connectivity index (χ1) is 6.79. The van der Waals surface area contributed by atoms with E-state index in [-0.39, 0.29) is 11.7 Å². The zero-order valence-electron chi connectivity index (χ0n) is 7.99. The Morgan fingerprint density at radius 2 is 1.64 bits per heavy atom. The summed E-state index contributed by atoms with van der Waals surface area (Å²) in [4.78, 5) is 11.8. The molecule has 1 nitrogen and oxygen atoms in total. The summed E-state index contributed by atoms with van der Waals surface area (Å²) < 4.78 is 0. The highest BCUT2D eigenvalue weighted by molar-refractivity contribution is 6.04. The summed E-state index contributed by atoms with van der Waals surface area (Å²) in [5.74, 6) is 0.701. The highest BCUT2D eigenvalue weighted by Crippen LogP contribution is 2.49. The first-order valence-electron chi connectivity index (χ1n) is 5.11. The standard InChI is InChI=1S/C13H12O/c1-8-9-6-7-12(13(8)14)11-5-3-2-4-10(9)11/h2-5,9,12H,1,6-7H2. The van der Waals surface area contributed by atoms with Crippen molar-refractivity contribution in [1.29, 1.82) is 0 Å². The fourth-order valence-electron chi connectivity index (χ4n) is 2.82. The van der Waals surface area contributed by atoms with Crippen LogP contribution in [0.5, 0.6) is 0 Å². The van der Waals surface area contributed by atoms with Crippen LogP contribution in [0.2, 0.25) is 0 Å². The molecule has 2 atom stereocenters. The summed E-state index contributed by atoms with van der Waals surface area (Å²) in [6.45, 7) is 3.93. The molecule has 0 amide bonds. The third-order valence-electron chi connectivity index (χ3n) is 3.54. The summed E-state index contributed by atoms with van der Waals surface area (Å²) >= 11 is 0. The lowest BCUT2D eigenvalue weighted by Crippen LogP contribution is -2.31. The number of Topliss-reactive ketones (excluding diaryl/α,β-unsaturated/α-hetero) is 1. The number of benzene rings is 1. The maximum atomic E-state index is 11.8. The van der Waals surface area contributed by atoms with Gasteiger partial charge in [-0.3, -0.25) is 4.79 Å². The van der Waals surface area contributed by atoms with Crippen molar-refractivity contribution >= 4 is 5.78 Å². The van der Waals surface area contributed by atoms with Crippen molar-refractivity contribution in [3.63, 3.8) is 0 Å². The maximum Gasteiger partial charge on any atom is 0.166 e. The molecule has 3 aliphatic rings. The summed E-state index contributed by atoms with van der Waals surface area (Å²) in [5, 5.41) is 0. The number of hydrogen-bond donors (Lipinski definition) is 0. The Morgan fingerprint density at radius 1 is 1.07 bits per heavy atom. The Kier molecular flexibility index (Phi) is 1.46. The minimum absolute atomic E-state index is 0.115.